The number of carbonyl (C=O) groups is 2. The summed E-state index contributed by atoms with van der Waals surface area (Å²) in [5.41, 5.74) is 0.120. The Labute approximate surface area is 146 Å². The number of carbonyl (C=O) groups excluding carboxylic acids is 1. The number of nitrogens with zero attached hydrogens (tertiary/aromatic N) is 1. The van der Waals surface area contributed by atoms with Gasteiger partial charge in [0.05, 0.1) is 11.3 Å². The van der Waals surface area contributed by atoms with Crippen LogP contribution in [0.15, 0.2) is 24.3 Å². The Morgan fingerprint density at radius 1 is 1.25 bits per heavy atom. The summed E-state index contributed by atoms with van der Waals surface area (Å²) in [5.74, 6) is -1.32. The Morgan fingerprint density at radius 2 is 1.96 bits per heavy atom. The molecule has 0 radical (unpaired) electrons. The number of halogens is 1. The van der Waals surface area contributed by atoms with Gasteiger partial charge in [0.15, 0.2) is 0 Å². The van der Waals surface area contributed by atoms with Gasteiger partial charge in [-0.2, -0.15) is 0 Å². The van der Waals surface area contributed by atoms with E-state index in [1.165, 1.54) is 0 Å². The largest absolute Gasteiger partial charge is 0.481 e. The van der Waals surface area contributed by atoms with E-state index in [9.17, 15) is 14.7 Å². The monoisotopic (exact) mass is 351 g/mol. The molecule has 1 aromatic rings. The fourth-order valence-corrected chi connectivity index (χ4v) is 4.15. The molecule has 1 N–H and O–H groups in total. The van der Waals surface area contributed by atoms with Gasteiger partial charge in [-0.25, -0.2) is 0 Å². The maximum absolute atomic E-state index is 13.4. The molecule has 5 nitrogen and oxygen atoms in total. The van der Waals surface area contributed by atoms with E-state index in [-0.39, 0.29) is 12.5 Å². The van der Waals surface area contributed by atoms with Crippen LogP contribution in [0, 0.1) is 5.92 Å². The number of likely N-dealkylation sites (tertiary alicyclic amines) is 1. The zero-order chi connectivity index (χ0) is 17.2. The lowest BCUT2D eigenvalue weighted by atomic mass is 9.72. The number of amides is 1. The first-order valence-corrected chi connectivity index (χ1v) is 8.77. The third-order valence-electron chi connectivity index (χ3n) is 5.20. The number of hydrogen-bond acceptors (Lipinski definition) is 3. The normalized spacial score (nSPS) is 23.7. The summed E-state index contributed by atoms with van der Waals surface area (Å²) in [6, 6.07) is 7.45. The van der Waals surface area contributed by atoms with Crippen molar-refractivity contribution >= 4 is 23.5 Å². The van der Waals surface area contributed by atoms with Gasteiger partial charge >= 0.3 is 5.97 Å². The first-order chi connectivity index (χ1) is 11.5. The van der Waals surface area contributed by atoms with Crippen molar-refractivity contribution in [1.29, 1.82) is 0 Å². The molecule has 2 aliphatic rings. The summed E-state index contributed by atoms with van der Waals surface area (Å²) in [7, 11) is 0. The highest BCUT2D eigenvalue weighted by molar-refractivity contribution is 6.31. The Balaban J connectivity index is 1.93. The lowest BCUT2D eigenvalue weighted by Crippen LogP contribution is -2.53. The number of aliphatic carboxylic acids is 1. The van der Waals surface area contributed by atoms with Crippen molar-refractivity contribution in [2.45, 2.75) is 31.1 Å². The zero-order valence-electron chi connectivity index (χ0n) is 13.5. The molecule has 0 bridgehead atoms. The molecule has 0 aromatic heterocycles. The summed E-state index contributed by atoms with van der Waals surface area (Å²) in [5, 5.41) is 9.88. The van der Waals surface area contributed by atoms with Crippen LogP contribution in [0.5, 0.6) is 0 Å². The first kappa shape index (κ1) is 17.2. The minimum Gasteiger partial charge on any atom is -0.481 e. The third kappa shape index (κ3) is 3.15. The summed E-state index contributed by atoms with van der Waals surface area (Å²) < 4.78 is 5.48. The Morgan fingerprint density at radius 3 is 2.62 bits per heavy atom. The van der Waals surface area contributed by atoms with Gasteiger partial charge in [0.1, 0.15) is 0 Å². The standard InChI is InChI=1S/C18H22ClNO4/c19-15-6-2-1-5-14(15)18(7-10-24-11-8-18)17(23)20-9-3-4-13(12-20)16(21)22/h1-2,5-6,13H,3-4,7-12H2,(H,21,22)/t13-/m1/s1. The maximum atomic E-state index is 13.4. The predicted octanol–water partition coefficient (Wildman–Crippen LogP) is 2.71. The number of rotatable bonds is 3. The van der Waals surface area contributed by atoms with Crippen molar-refractivity contribution in [3.8, 4) is 0 Å². The number of hydrogen-bond donors (Lipinski definition) is 1. The number of piperidine rings is 1. The smallest absolute Gasteiger partial charge is 0.308 e. The van der Waals surface area contributed by atoms with Gasteiger partial charge in [0.2, 0.25) is 5.91 Å². The Bertz CT molecular complexity index is 627. The van der Waals surface area contributed by atoms with Crippen LogP contribution in [-0.2, 0) is 19.7 Å². The average molecular weight is 352 g/mol. The van der Waals surface area contributed by atoms with Crippen molar-refractivity contribution in [1.82, 2.24) is 4.90 Å². The molecule has 0 spiro atoms. The quantitative estimate of drug-likeness (QED) is 0.909. The molecule has 2 aliphatic heterocycles. The molecular formula is C18H22ClNO4. The summed E-state index contributed by atoms with van der Waals surface area (Å²) >= 11 is 6.40. The van der Waals surface area contributed by atoms with Gasteiger partial charge in [-0.3, -0.25) is 9.59 Å². The fraction of sp³-hybridized carbons (Fsp3) is 0.556. The first-order valence-electron chi connectivity index (χ1n) is 8.39. The molecule has 1 aromatic carbocycles. The van der Waals surface area contributed by atoms with E-state index in [1.54, 1.807) is 11.0 Å². The zero-order valence-corrected chi connectivity index (χ0v) is 14.3. The van der Waals surface area contributed by atoms with E-state index in [4.69, 9.17) is 16.3 Å². The summed E-state index contributed by atoms with van der Waals surface area (Å²) in [6.07, 6.45) is 2.49. The van der Waals surface area contributed by atoms with Crippen LogP contribution >= 0.6 is 11.6 Å². The average Bonchev–Trinajstić information content (AvgIpc) is 2.62. The van der Waals surface area contributed by atoms with E-state index in [1.807, 2.05) is 18.2 Å². The van der Waals surface area contributed by atoms with Gasteiger partial charge in [-0.1, -0.05) is 29.8 Å². The van der Waals surface area contributed by atoms with E-state index in [2.05, 4.69) is 0 Å². The lowest BCUT2D eigenvalue weighted by molar-refractivity contribution is -0.149. The minimum absolute atomic E-state index is 0.00940. The number of carboxylic acid groups (broad SMARTS) is 1. The molecule has 2 saturated heterocycles. The van der Waals surface area contributed by atoms with Crippen LogP contribution in [0.25, 0.3) is 0 Å². The SMILES string of the molecule is O=C(O)[C@@H]1CCCN(C(=O)C2(c3ccccc3Cl)CCOCC2)C1. The highest BCUT2D eigenvalue weighted by atomic mass is 35.5. The van der Waals surface area contributed by atoms with Crippen molar-refractivity contribution in [2.24, 2.45) is 5.92 Å². The highest BCUT2D eigenvalue weighted by Gasteiger charge is 2.46. The van der Waals surface area contributed by atoms with E-state index < -0.39 is 17.3 Å². The molecule has 3 rings (SSSR count). The highest BCUT2D eigenvalue weighted by Crippen LogP contribution is 2.40. The van der Waals surface area contributed by atoms with Crippen molar-refractivity contribution in [2.75, 3.05) is 26.3 Å². The molecule has 1 atom stereocenters. The summed E-state index contributed by atoms with van der Waals surface area (Å²) in [6.45, 7) is 1.90. The van der Waals surface area contributed by atoms with E-state index in [0.717, 1.165) is 12.0 Å². The molecule has 0 unspecified atom stereocenters. The van der Waals surface area contributed by atoms with Crippen LogP contribution < -0.4 is 0 Å². The Hall–Kier alpha value is -1.59. The molecule has 24 heavy (non-hydrogen) atoms. The molecule has 2 heterocycles. The van der Waals surface area contributed by atoms with Crippen LogP contribution in [0.1, 0.15) is 31.2 Å². The lowest BCUT2D eigenvalue weighted by Gasteiger charge is -2.42. The molecule has 2 fully saturated rings. The van der Waals surface area contributed by atoms with Crippen LogP contribution in [0.4, 0.5) is 0 Å². The van der Waals surface area contributed by atoms with Crippen LogP contribution in [0.3, 0.4) is 0 Å². The molecule has 130 valence electrons. The predicted molar refractivity (Wildman–Crippen MR) is 90.1 cm³/mol. The number of ether oxygens (including phenoxy) is 1. The molecular weight excluding hydrogens is 330 g/mol. The minimum atomic E-state index is -0.828. The second-order valence-corrected chi connectivity index (χ2v) is 7.01. The second kappa shape index (κ2) is 7.11. The molecule has 6 heteroatoms. The summed E-state index contributed by atoms with van der Waals surface area (Å²) in [4.78, 5) is 26.5. The molecule has 0 aliphatic carbocycles. The third-order valence-corrected chi connectivity index (χ3v) is 5.53. The second-order valence-electron chi connectivity index (χ2n) is 6.60. The van der Waals surface area contributed by atoms with Gasteiger partial charge < -0.3 is 14.7 Å². The Kier molecular flexibility index (Phi) is 5.11. The van der Waals surface area contributed by atoms with E-state index in [0.29, 0.717) is 44.0 Å². The van der Waals surface area contributed by atoms with Gasteiger partial charge in [-0.05, 0) is 37.3 Å². The number of carboxylic acids is 1. The molecule has 1 amide bonds. The van der Waals surface area contributed by atoms with Crippen molar-refractivity contribution < 1.29 is 19.4 Å². The van der Waals surface area contributed by atoms with E-state index >= 15 is 0 Å². The van der Waals surface area contributed by atoms with Gasteiger partial charge in [0.25, 0.3) is 0 Å². The van der Waals surface area contributed by atoms with Crippen LogP contribution in [-0.4, -0.2) is 48.2 Å². The van der Waals surface area contributed by atoms with Crippen molar-refractivity contribution in [3.63, 3.8) is 0 Å². The van der Waals surface area contributed by atoms with Gasteiger partial charge in [0, 0.05) is 31.3 Å². The fourth-order valence-electron chi connectivity index (χ4n) is 3.83. The van der Waals surface area contributed by atoms with Crippen LogP contribution in [0.2, 0.25) is 5.02 Å². The maximum Gasteiger partial charge on any atom is 0.308 e. The molecule has 0 saturated carbocycles. The number of benzene rings is 1. The topological polar surface area (TPSA) is 66.8 Å². The van der Waals surface area contributed by atoms with Crippen molar-refractivity contribution in [3.05, 3.63) is 34.9 Å². The van der Waals surface area contributed by atoms with Gasteiger partial charge in [-0.15, -0.1) is 0 Å².